The molecular weight excluding hydrogens is 458 g/mol. The standard InChI is InChI=1S/C28H35N3O5/c1-27(2,3)36-26(34)31(21-15-29-16-21)24(32)18-9-7-8-17(12-18)23-28(4,5)14-20-13-19(25(33)35-6)10-11-22(20)30-23/h7-13,21,23,29-30H,14-16H2,1-6H3. The number of carbonyl (C=O) groups is 3. The molecule has 2 N–H and O–H groups in total. The lowest BCUT2D eigenvalue weighted by Crippen LogP contribution is -2.61. The first-order valence-electron chi connectivity index (χ1n) is 12.2. The summed E-state index contributed by atoms with van der Waals surface area (Å²) >= 11 is 0. The Morgan fingerprint density at radius 2 is 1.75 bits per heavy atom. The first-order chi connectivity index (χ1) is 16.9. The van der Waals surface area contributed by atoms with Crippen molar-refractivity contribution in [2.75, 3.05) is 25.5 Å². The Bertz CT molecular complexity index is 1180. The normalized spacial score (nSPS) is 18.8. The van der Waals surface area contributed by atoms with Crippen LogP contribution >= 0.6 is 0 Å². The summed E-state index contributed by atoms with van der Waals surface area (Å²) in [6.45, 7) is 10.8. The fourth-order valence-corrected chi connectivity index (χ4v) is 4.76. The number of ether oxygens (including phenoxy) is 2. The fourth-order valence-electron chi connectivity index (χ4n) is 4.76. The van der Waals surface area contributed by atoms with E-state index in [9.17, 15) is 14.4 Å². The van der Waals surface area contributed by atoms with Crippen molar-refractivity contribution in [2.45, 2.75) is 58.7 Å². The molecule has 0 bridgehead atoms. The number of methoxy groups -OCH3 is 1. The number of esters is 1. The molecule has 2 heterocycles. The van der Waals surface area contributed by atoms with E-state index in [-0.39, 0.29) is 29.4 Å². The number of fused-ring (bicyclic) bond motifs is 1. The highest BCUT2D eigenvalue weighted by molar-refractivity contribution is 6.03. The van der Waals surface area contributed by atoms with Crippen molar-refractivity contribution in [1.29, 1.82) is 0 Å². The highest BCUT2D eigenvalue weighted by Gasteiger charge is 2.39. The van der Waals surface area contributed by atoms with Gasteiger partial charge < -0.3 is 20.1 Å². The summed E-state index contributed by atoms with van der Waals surface area (Å²) in [7, 11) is 1.37. The van der Waals surface area contributed by atoms with Crippen LogP contribution in [0.2, 0.25) is 0 Å². The number of hydrogen-bond donors (Lipinski definition) is 2. The smallest absolute Gasteiger partial charge is 0.417 e. The quantitative estimate of drug-likeness (QED) is 0.603. The van der Waals surface area contributed by atoms with Gasteiger partial charge in [-0.1, -0.05) is 26.0 Å². The number of amides is 2. The first-order valence-corrected chi connectivity index (χ1v) is 12.2. The van der Waals surface area contributed by atoms with Gasteiger partial charge in [0.25, 0.3) is 5.91 Å². The third kappa shape index (κ3) is 5.23. The summed E-state index contributed by atoms with van der Waals surface area (Å²) in [6, 6.07) is 12.6. The molecule has 2 aromatic carbocycles. The van der Waals surface area contributed by atoms with Gasteiger partial charge in [-0.3, -0.25) is 4.79 Å². The molecule has 0 aromatic heterocycles. The van der Waals surface area contributed by atoms with E-state index in [1.165, 1.54) is 12.0 Å². The van der Waals surface area contributed by atoms with E-state index in [1.54, 1.807) is 32.9 Å². The van der Waals surface area contributed by atoms with Crippen LogP contribution in [0.15, 0.2) is 42.5 Å². The average molecular weight is 494 g/mol. The van der Waals surface area contributed by atoms with Gasteiger partial charge in [-0.25, -0.2) is 14.5 Å². The van der Waals surface area contributed by atoms with Gasteiger partial charge >= 0.3 is 12.1 Å². The number of nitrogens with zero attached hydrogens (tertiary/aromatic N) is 1. The Morgan fingerprint density at radius 1 is 1.03 bits per heavy atom. The molecular formula is C28H35N3O5. The van der Waals surface area contributed by atoms with Gasteiger partial charge in [0.2, 0.25) is 0 Å². The highest BCUT2D eigenvalue weighted by atomic mass is 16.6. The number of imide groups is 1. The summed E-state index contributed by atoms with van der Waals surface area (Å²) in [6.07, 6.45) is 0.108. The SMILES string of the molecule is COC(=O)c1ccc2c(c1)CC(C)(C)C(c1cccc(C(=O)N(C(=O)OC(C)(C)C)C3CNC3)c1)N2. The maximum absolute atomic E-state index is 13.6. The van der Waals surface area contributed by atoms with Crippen molar-refractivity contribution in [3.8, 4) is 0 Å². The van der Waals surface area contributed by atoms with Crippen LogP contribution in [-0.4, -0.2) is 54.7 Å². The molecule has 1 saturated heterocycles. The molecule has 0 saturated carbocycles. The second kappa shape index (κ2) is 9.58. The molecule has 1 unspecified atom stereocenters. The first kappa shape index (κ1) is 25.7. The molecule has 36 heavy (non-hydrogen) atoms. The molecule has 2 amide bonds. The third-order valence-electron chi connectivity index (χ3n) is 6.65. The zero-order chi connectivity index (χ0) is 26.3. The highest BCUT2D eigenvalue weighted by Crippen LogP contribution is 2.45. The van der Waals surface area contributed by atoms with Crippen molar-refractivity contribution in [3.63, 3.8) is 0 Å². The van der Waals surface area contributed by atoms with Gasteiger partial charge in [-0.15, -0.1) is 0 Å². The van der Waals surface area contributed by atoms with Crippen molar-refractivity contribution in [3.05, 3.63) is 64.7 Å². The summed E-state index contributed by atoms with van der Waals surface area (Å²) in [5.41, 5.74) is 2.98. The summed E-state index contributed by atoms with van der Waals surface area (Å²) in [5, 5.41) is 6.73. The predicted octanol–water partition coefficient (Wildman–Crippen LogP) is 4.56. The molecule has 2 aromatic rings. The van der Waals surface area contributed by atoms with Gasteiger partial charge in [0.15, 0.2) is 0 Å². The van der Waals surface area contributed by atoms with Crippen LogP contribution in [0.5, 0.6) is 0 Å². The lowest BCUT2D eigenvalue weighted by Gasteiger charge is -2.41. The molecule has 8 heteroatoms. The number of rotatable bonds is 4. The Labute approximate surface area is 212 Å². The summed E-state index contributed by atoms with van der Waals surface area (Å²) in [5.74, 6) is -0.727. The maximum atomic E-state index is 13.6. The van der Waals surface area contributed by atoms with E-state index < -0.39 is 11.7 Å². The summed E-state index contributed by atoms with van der Waals surface area (Å²) < 4.78 is 10.4. The lowest BCUT2D eigenvalue weighted by molar-refractivity contribution is 0.0118. The van der Waals surface area contributed by atoms with Gasteiger partial charge in [0.05, 0.1) is 24.8 Å². The van der Waals surface area contributed by atoms with Crippen LogP contribution in [0.4, 0.5) is 10.5 Å². The number of nitrogens with one attached hydrogen (secondary N) is 2. The molecule has 0 radical (unpaired) electrons. The van der Waals surface area contributed by atoms with Crippen molar-refractivity contribution >= 4 is 23.7 Å². The molecule has 0 spiro atoms. The molecule has 2 aliphatic rings. The predicted molar refractivity (Wildman–Crippen MR) is 137 cm³/mol. The third-order valence-corrected chi connectivity index (χ3v) is 6.65. The van der Waals surface area contributed by atoms with E-state index in [2.05, 4.69) is 24.5 Å². The van der Waals surface area contributed by atoms with Crippen LogP contribution in [0.3, 0.4) is 0 Å². The fraction of sp³-hybridized carbons (Fsp3) is 0.464. The Balaban J connectivity index is 1.62. The van der Waals surface area contributed by atoms with Crippen LogP contribution in [0, 0.1) is 5.41 Å². The monoisotopic (exact) mass is 493 g/mol. The van der Waals surface area contributed by atoms with Gasteiger partial charge in [-0.2, -0.15) is 0 Å². The van der Waals surface area contributed by atoms with E-state index >= 15 is 0 Å². The van der Waals surface area contributed by atoms with Crippen molar-refractivity contribution in [2.24, 2.45) is 5.41 Å². The van der Waals surface area contributed by atoms with E-state index in [0.29, 0.717) is 24.2 Å². The van der Waals surface area contributed by atoms with Crippen LogP contribution < -0.4 is 10.6 Å². The second-order valence-corrected chi connectivity index (χ2v) is 11.2. The molecule has 4 rings (SSSR count). The zero-order valence-electron chi connectivity index (χ0n) is 21.8. The molecule has 1 atom stereocenters. The largest absolute Gasteiger partial charge is 0.465 e. The van der Waals surface area contributed by atoms with Gasteiger partial charge in [0.1, 0.15) is 5.60 Å². The van der Waals surface area contributed by atoms with E-state index in [4.69, 9.17) is 9.47 Å². The maximum Gasteiger partial charge on any atom is 0.417 e. The van der Waals surface area contributed by atoms with Crippen LogP contribution in [0.25, 0.3) is 0 Å². The Morgan fingerprint density at radius 3 is 2.36 bits per heavy atom. The van der Waals surface area contributed by atoms with Crippen LogP contribution in [-0.2, 0) is 15.9 Å². The van der Waals surface area contributed by atoms with Gasteiger partial charge in [-0.05, 0) is 74.1 Å². The Kier molecular flexibility index (Phi) is 6.84. The molecule has 2 aliphatic heterocycles. The summed E-state index contributed by atoms with van der Waals surface area (Å²) in [4.78, 5) is 39.7. The van der Waals surface area contributed by atoms with Crippen molar-refractivity contribution in [1.82, 2.24) is 10.2 Å². The van der Waals surface area contributed by atoms with E-state index in [1.807, 2.05) is 30.3 Å². The minimum atomic E-state index is -0.703. The molecule has 192 valence electrons. The number of hydrogen-bond acceptors (Lipinski definition) is 7. The number of benzene rings is 2. The van der Waals surface area contributed by atoms with E-state index in [0.717, 1.165) is 23.2 Å². The zero-order valence-corrected chi connectivity index (χ0v) is 21.8. The minimum absolute atomic E-state index is 0.0814. The number of carbonyl (C=O) groups excluding carboxylic acids is 3. The second-order valence-electron chi connectivity index (χ2n) is 11.2. The molecule has 1 fully saturated rings. The van der Waals surface area contributed by atoms with Gasteiger partial charge in [0, 0.05) is 24.3 Å². The minimum Gasteiger partial charge on any atom is -0.465 e. The molecule has 8 nitrogen and oxygen atoms in total. The van der Waals surface area contributed by atoms with Crippen molar-refractivity contribution < 1.29 is 23.9 Å². The molecule has 0 aliphatic carbocycles. The lowest BCUT2D eigenvalue weighted by atomic mass is 9.72. The Hall–Kier alpha value is -3.39. The topological polar surface area (TPSA) is 97.0 Å². The number of anilines is 1. The van der Waals surface area contributed by atoms with Crippen LogP contribution in [0.1, 0.15) is 72.5 Å². The average Bonchev–Trinajstić information content (AvgIpc) is 2.77.